The van der Waals surface area contributed by atoms with E-state index in [2.05, 4.69) is 55.4 Å². The molecule has 0 spiro atoms. The molecule has 1 heterocycles. The SMILES string of the molecule is CN(C)C1=NCc2ccccc2C1c1ccc(Cl)cc1. The third-order valence-corrected chi connectivity index (χ3v) is 3.95. The van der Waals surface area contributed by atoms with Crippen molar-refractivity contribution in [2.24, 2.45) is 4.99 Å². The van der Waals surface area contributed by atoms with Crippen LogP contribution in [0.2, 0.25) is 5.02 Å². The average Bonchev–Trinajstić information content (AvgIpc) is 2.47. The van der Waals surface area contributed by atoms with Crippen molar-refractivity contribution in [1.29, 1.82) is 0 Å². The largest absolute Gasteiger partial charge is 0.366 e. The summed E-state index contributed by atoms with van der Waals surface area (Å²) in [7, 11) is 4.10. The second kappa shape index (κ2) is 5.29. The summed E-state index contributed by atoms with van der Waals surface area (Å²) in [5, 5.41) is 0.765. The van der Waals surface area contributed by atoms with Crippen molar-refractivity contribution in [3.8, 4) is 0 Å². The first-order chi connectivity index (χ1) is 9.66. The van der Waals surface area contributed by atoms with E-state index >= 15 is 0 Å². The van der Waals surface area contributed by atoms with E-state index in [1.807, 2.05) is 12.1 Å². The first kappa shape index (κ1) is 13.2. The highest BCUT2D eigenvalue weighted by molar-refractivity contribution is 6.30. The Bertz CT molecular complexity index is 644. The average molecular weight is 285 g/mol. The maximum Gasteiger partial charge on any atom is 0.111 e. The summed E-state index contributed by atoms with van der Waals surface area (Å²) in [6.45, 7) is 0.758. The van der Waals surface area contributed by atoms with Gasteiger partial charge in [0.05, 0.1) is 12.5 Å². The van der Waals surface area contributed by atoms with Crippen molar-refractivity contribution in [1.82, 2.24) is 4.90 Å². The molecule has 0 fully saturated rings. The number of nitrogens with zero attached hydrogens (tertiary/aromatic N) is 2. The van der Waals surface area contributed by atoms with Gasteiger partial charge >= 0.3 is 0 Å². The maximum absolute atomic E-state index is 6.01. The Balaban J connectivity index is 2.13. The van der Waals surface area contributed by atoms with Crippen LogP contribution in [0.4, 0.5) is 0 Å². The van der Waals surface area contributed by atoms with Gasteiger partial charge in [-0.2, -0.15) is 0 Å². The molecule has 2 aromatic carbocycles. The van der Waals surface area contributed by atoms with Gasteiger partial charge in [-0.3, -0.25) is 4.99 Å². The second-order valence-corrected chi connectivity index (χ2v) is 5.69. The Morgan fingerprint density at radius 3 is 2.45 bits per heavy atom. The number of benzene rings is 2. The van der Waals surface area contributed by atoms with Crippen LogP contribution in [-0.2, 0) is 6.54 Å². The zero-order valence-electron chi connectivity index (χ0n) is 11.7. The maximum atomic E-state index is 6.01. The molecular formula is C17H17ClN2. The Kier molecular flexibility index (Phi) is 3.49. The normalized spacial score (nSPS) is 17.4. The van der Waals surface area contributed by atoms with Gasteiger partial charge in [-0.15, -0.1) is 0 Å². The molecule has 1 aliphatic rings. The third-order valence-electron chi connectivity index (χ3n) is 3.70. The van der Waals surface area contributed by atoms with Gasteiger partial charge in [-0.25, -0.2) is 0 Å². The van der Waals surface area contributed by atoms with Crippen LogP contribution in [0.5, 0.6) is 0 Å². The van der Waals surface area contributed by atoms with Gasteiger partial charge in [0, 0.05) is 19.1 Å². The minimum absolute atomic E-state index is 0.187. The van der Waals surface area contributed by atoms with Gasteiger partial charge in [0.1, 0.15) is 5.84 Å². The highest BCUT2D eigenvalue weighted by Gasteiger charge is 2.27. The lowest BCUT2D eigenvalue weighted by atomic mass is 9.85. The lowest BCUT2D eigenvalue weighted by Crippen LogP contribution is -2.32. The topological polar surface area (TPSA) is 15.6 Å². The van der Waals surface area contributed by atoms with Crippen molar-refractivity contribution in [2.75, 3.05) is 14.1 Å². The van der Waals surface area contributed by atoms with E-state index in [1.54, 1.807) is 0 Å². The van der Waals surface area contributed by atoms with Crippen LogP contribution in [-0.4, -0.2) is 24.8 Å². The molecule has 0 aliphatic carbocycles. The van der Waals surface area contributed by atoms with Gasteiger partial charge in [0.2, 0.25) is 0 Å². The minimum Gasteiger partial charge on any atom is -0.366 e. The molecule has 2 nitrogen and oxygen atoms in total. The Morgan fingerprint density at radius 1 is 1.05 bits per heavy atom. The first-order valence-electron chi connectivity index (χ1n) is 6.72. The molecule has 1 aliphatic heterocycles. The molecule has 0 aromatic heterocycles. The molecule has 0 amide bonds. The van der Waals surface area contributed by atoms with Crippen molar-refractivity contribution in [3.63, 3.8) is 0 Å². The van der Waals surface area contributed by atoms with Gasteiger partial charge in [-0.1, -0.05) is 48.0 Å². The fourth-order valence-corrected chi connectivity index (χ4v) is 2.87. The van der Waals surface area contributed by atoms with Gasteiger partial charge in [0.15, 0.2) is 0 Å². The van der Waals surface area contributed by atoms with Crippen LogP contribution in [0, 0.1) is 0 Å². The van der Waals surface area contributed by atoms with Gasteiger partial charge in [-0.05, 0) is 28.8 Å². The summed E-state index contributed by atoms with van der Waals surface area (Å²) in [4.78, 5) is 6.87. The number of hydrogen-bond donors (Lipinski definition) is 0. The minimum atomic E-state index is 0.187. The van der Waals surface area contributed by atoms with E-state index in [4.69, 9.17) is 16.6 Å². The van der Waals surface area contributed by atoms with Crippen LogP contribution in [0.3, 0.4) is 0 Å². The molecule has 102 valence electrons. The summed E-state index contributed by atoms with van der Waals surface area (Å²) in [5.41, 5.74) is 3.88. The molecule has 0 bridgehead atoms. The molecule has 0 radical (unpaired) electrons. The summed E-state index contributed by atoms with van der Waals surface area (Å²) in [6, 6.07) is 16.6. The van der Waals surface area contributed by atoms with E-state index in [9.17, 15) is 0 Å². The lowest BCUT2D eigenvalue weighted by molar-refractivity contribution is 0.586. The van der Waals surface area contributed by atoms with Crippen molar-refractivity contribution >= 4 is 17.4 Å². The Labute approximate surface area is 124 Å². The van der Waals surface area contributed by atoms with E-state index in [0.717, 1.165) is 17.4 Å². The van der Waals surface area contributed by atoms with Crippen LogP contribution >= 0.6 is 11.6 Å². The molecule has 2 aromatic rings. The quantitative estimate of drug-likeness (QED) is 0.774. The van der Waals surface area contributed by atoms with Crippen LogP contribution in [0.15, 0.2) is 53.5 Å². The molecular weight excluding hydrogens is 268 g/mol. The molecule has 0 saturated heterocycles. The predicted molar refractivity (Wildman–Crippen MR) is 84.6 cm³/mol. The first-order valence-corrected chi connectivity index (χ1v) is 7.09. The van der Waals surface area contributed by atoms with E-state index in [1.165, 1.54) is 16.7 Å². The Morgan fingerprint density at radius 2 is 1.75 bits per heavy atom. The van der Waals surface area contributed by atoms with E-state index in [-0.39, 0.29) is 5.92 Å². The number of fused-ring (bicyclic) bond motifs is 1. The number of halogens is 1. The van der Waals surface area contributed by atoms with Gasteiger partial charge < -0.3 is 4.90 Å². The van der Waals surface area contributed by atoms with Crippen LogP contribution < -0.4 is 0 Å². The molecule has 0 saturated carbocycles. The molecule has 3 rings (SSSR count). The number of hydrogen-bond acceptors (Lipinski definition) is 2. The number of likely N-dealkylation sites (N-methyl/N-ethyl adjacent to an activating group) is 1. The van der Waals surface area contributed by atoms with E-state index < -0.39 is 0 Å². The van der Waals surface area contributed by atoms with Crippen molar-refractivity contribution in [3.05, 3.63) is 70.2 Å². The summed E-state index contributed by atoms with van der Waals surface area (Å²) < 4.78 is 0. The summed E-state index contributed by atoms with van der Waals surface area (Å²) in [5.74, 6) is 1.29. The molecule has 3 heteroatoms. The van der Waals surface area contributed by atoms with Gasteiger partial charge in [0.25, 0.3) is 0 Å². The number of rotatable bonds is 1. The lowest BCUT2D eigenvalue weighted by Gasteiger charge is -2.30. The standard InChI is InChI=1S/C17H17ClN2/c1-20(2)17-16(12-7-9-14(18)10-8-12)15-6-4-3-5-13(15)11-19-17/h3-10,16H,11H2,1-2H3. The summed E-state index contributed by atoms with van der Waals surface area (Å²) >= 11 is 6.01. The second-order valence-electron chi connectivity index (χ2n) is 5.25. The summed E-state index contributed by atoms with van der Waals surface area (Å²) in [6.07, 6.45) is 0. The van der Waals surface area contributed by atoms with Crippen molar-refractivity contribution < 1.29 is 0 Å². The fraction of sp³-hybridized carbons (Fsp3) is 0.235. The van der Waals surface area contributed by atoms with Crippen LogP contribution in [0.25, 0.3) is 0 Å². The highest BCUT2D eigenvalue weighted by Crippen LogP contribution is 2.33. The number of aliphatic imine (C=N–C) groups is 1. The monoisotopic (exact) mass is 284 g/mol. The Hall–Kier alpha value is -1.80. The van der Waals surface area contributed by atoms with Crippen LogP contribution in [0.1, 0.15) is 22.6 Å². The zero-order valence-corrected chi connectivity index (χ0v) is 12.4. The number of amidine groups is 1. The molecule has 1 atom stereocenters. The smallest absolute Gasteiger partial charge is 0.111 e. The molecule has 1 unspecified atom stereocenters. The zero-order chi connectivity index (χ0) is 14.1. The molecule has 20 heavy (non-hydrogen) atoms. The van der Waals surface area contributed by atoms with Crippen molar-refractivity contribution in [2.45, 2.75) is 12.5 Å². The molecule has 0 N–H and O–H groups in total. The highest BCUT2D eigenvalue weighted by atomic mass is 35.5. The third kappa shape index (κ3) is 2.32. The van der Waals surface area contributed by atoms with E-state index in [0.29, 0.717) is 0 Å². The fourth-order valence-electron chi connectivity index (χ4n) is 2.74. The predicted octanol–water partition coefficient (Wildman–Crippen LogP) is 3.95.